The van der Waals surface area contributed by atoms with Gasteiger partial charge < -0.3 is 19.1 Å². The number of likely N-dealkylation sites (tertiary alicyclic amines) is 1. The predicted molar refractivity (Wildman–Crippen MR) is 116 cm³/mol. The molecule has 4 rings (SSSR count). The van der Waals surface area contributed by atoms with E-state index in [-0.39, 0.29) is 5.91 Å². The summed E-state index contributed by atoms with van der Waals surface area (Å²) in [7, 11) is 0. The molecule has 0 unspecified atom stereocenters. The number of amides is 1. The van der Waals surface area contributed by atoms with E-state index in [1.54, 1.807) is 0 Å². The van der Waals surface area contributed by atoms with Gasteiger partial charge in [0.25, 0.3) is 0 Å². The van der Waals surface area contributed by atoms with Gasteiger partial charge in [-0.2, -0.15) is 0 Å². The van der Waals surface area contributed by atoms with E-state index in [1.165, 1.54) is 5.56 Å². The summed E-state index contributed by atoms with van der Waals surface area (Å²) in [5.74, 6) is 1.67. The van der Waals surface area contributed by atoms with Gasteiger partial charge in [0.1, 0.15) is 5.75 Å². The summed E-state index contributed by atoms with van der Waals surface area (Å²) in [6.07, 6.45) is 1.44. The second-order valence-electron chi connectivity index (χ2n) is 9.03. The highest BCUT2D eigenvalue weighted by Gasteiger charge is 2.45. The van der Waals surface area contributed by atoms with E-state index in [0.29, 0.717) is 58.1 Å². The Labute approximate surface area is 180 Å². The number of carbonyl (C=O) groups excluding carboxylic acids is 1. The Bertz CT molecular complexity index is 733. The van der Waals surface area contributed by atoms with E-state index in [0.717, 1.165) is 37.2 Å². The zero-order chi connectivity index (χ0) is 21.1. The molecular formula is C24H36N2O4. The van der Waals surface area contributed by atoms with E-state index < -0.39 is 5.41 Å². The summed E-state index contributed by atoms with van der Waals surface area (Å²) in [5.41, 5.74) is 1.83. The smallest absolute Gasteiger partial charge is 0.233 e. The lowest BCUT2D eigenvalue weighted by atomic mass is 9.72. The van der Waals surface area contributed by atoms with Crippen LogP contribution in [0.3, 0.4) is 0 Å². The van der Waals surface area contributed by atoms with Crippen LogP contribution >= 0.6 is 0 Å². The van der Waals surface area contributed by atoms with Crippen molar-refractivity contribution in [2.75, 3.05) is 59.2 Å². The Hall–Kier alpha value is -1.63. The molecule has 3 aliphatic rings. The van der Waals surface area contributed by atoms with Gasteiger partial charge in [-0.1, -0.05) is 12.1 Å². The van der Waals surface area contributed by atoms with Gasteiger partial charge in [-0.3, -0.25) is 9.69 Å². The molecule has 1 amide bonds. The topological polar surface area (TPSA) is 51.2 Å². The van der Waals surface area contributed by atoms with Crippen molar-refractivity contribution < 1.29 is 19.0 Å². The van der Waals surface area contributed by atoms with Crippen LogP contribution in [-0.4, -0.2) is 81.0 Å². The second-order valence-corrected chi connectivity index (χ2v) is 9.03. The summed E-state index contributed by atoms with van der Waals surface area (Å²) in [6, 6.07) is 7.12. The van der Waals surface area contributed by atoms with Gasteiger partial charge in [0.15, 0.2) is 0 Å². The zero-order valence-corrected chi connectivity index (χ0v) is 18.7. The van der Waals surface area contributed by atoms with Gasteiger partial charge in [0.05, 0.1) is 25.2 Å². The predicted octanol–water partition coefficient (Wildman–Crippen LogP) is 2.80. The number of rotatable bonds is 6. The number of morpholine rings is 1. The molecule has 0 aliphatic carbocycles. The molecule has 0 bridgehead atoms. The first-order valence-corrected chi connectivity index (χ1v) is 11.5. The highest BCUT2D eigenvalue weighted by molar-refractivity contribution is 5.88. The lowest BCUT2D eigenvalue weighted by Crippen LogP contribution is -2.53. The summed E-state index contributed by atoms with van der Waals surface area (Å²) < 4.78 is 17.2. The lowest BCUT2D eigenvalue weighted by Gasteiger charge is -2.43. The van der Waals surface area contributed by atoms with Gasteiger partial charge >= 0.3 is 0 Å². The molecule has 0 N–H and O–H groups in total. The monoisotopic (exact) mass is 416 g/mol. The molecule has 3 heterocycles. The summed E-state index contributed by atoms with van der Waals surface area (Å²) >= 11 is 0. The summed E-state index contributed by atoms with van der Waals surface area (Å²) in [5, 5.41) is 0. The first kappa shape index (κ1) is 21.6. The molecule has 30 heavy (non-hydrogen) atoms. The third-order valence-electron chi connectivity index (χ3n) is 7.00. The molecule has 1 aromatic carbocycles. The Kier molecular flexibility index (Phi) is 6.66. The van der Waals surface area contributed by atoms with Crippen molar-refractivity contribution in [3.63, 3.8) is 0 Å². The molecule has 3 aliphatic heterocycles. The minimum Gasteiger partial charge on any atom is -0.494 e. The van der Waals surface area contributed by atoms with Crippen molar-refractivity contribution in [3.8, 4) is 5.75 Å². The number of hydrogen-bond acceptors (Lipinski definition) is 5. The molecule has 3 saturated heterocycles. The zero-order valence-electron chi connectivity index (χ0n) is 18.7. The molecular weight excluding hydrogens is 380 g/mol. The van der Waals surface area contributed by atoms with Gasteiger partial charge in [-0.15, -0.1) is 0 Å². The summed E-state index contributed by atoms with van der Waals surface area (Å²) in [4.78, 5) is 18.2. The van der Waals surface area contributed by atoms with Crippen LogP contribution in [0.15, 0.2) is 18.2 Å². The standard InChI is InChI=1S/C24H36N2O4/c1-4-30-22-15-20(5-6-21(22)19-16-26(17-19)18(2)3)24(7-11-28-12-8-24)23(27)25-9-13-29-14-10-25/h5-6,15,18-19H,4,7-14,16-17H2,1-3H3. The van der Waals surface area contributed by atoms with Gasteiger partial charge in [0, 0.05) is 51.4 Å². The fourth-order valence-corrected chi connectivity index (χ4v) is 5.00. The Morgan fingerprint density at radius 1 is 1.13 bits per heavy atom. The average molecular weight is 417 g/mol. The van der Waals surface area contributed by atoms with E-state index in [9.17, 15) is 4.79 Å². The largest absolute Gasteiger partial charge is 0.494 e. The second kappa shape index (κ2) is 9.25. The molecule has 0 atom stereocenters. The minimum absolute atomic E-state index is 0.221. The van der Waals surface area contributed by atoms with E-state index in [4.69, 9.17) is 14.2 Å². The molecule has 0 spiro atoms. The molecule has 1 aromatic rings. The number of carbonyl (C=O) groups is 1. The third-order valence-corrected chi connectivity index (χ3v) is 7.00. The van der Waals surface area contributed by atoms with Crippen molar-refractivity contribution >= 4 is 5.91 Å². The molecule has 6 heteroatoms. The van der Waals surface area contributed by atoms with Crippen LogP contribution in [0.5, 0.6) is 5.75 Å². The van der Waals surface area contributed by atoms with E-state index in [1.807, 2.05) is 11.8 Å². The minimum atomic E-state index is -0.524. The normalized spacial score (nSPS) is 22.7. The number of benzene rings is 1. The quantitative estimate of drug-likeness (QED) is 0.714. The van der Waals surface area contributed by atoms with Crippen LogP contribution in [0.2, 0.25) is 0 Å². The van der Waals surface area contributed by atoms with Crippen molar-refractivity contribution in [3.05, 3.63) is 29.3 Å². The average Bonchev–Trinajstić information content (AvgIpc) is 2.74. The first-order chi connectivity index (χ1) is 14.5. The molecule has 6 nitrogen and oxygen atoms in total. The van der Waals surface area contributed by atoms with Crippen LogP contribution < -0.4 is 4.74 Å². The number of ether oxygens (including phenoxy) is 3. The molecule has 166 valence electrons. The maximum absolute atomic E-state index is 13.7. The number of hydrogen-bond donors (Lipinski definition) is 0. The van der Waals surface area contributed by atoms with Crippen LogP contribution in [0.4, 0.5) is 0 Å². The fourth-order valence-electron chi connectivity index (χ4n) is 5.00. The molecule has 0 aromatic heterocycles. The van der Waals surface area contributed by atoms with Crippen LogP contribution in [0.1, 0.15) is 50.7 Å². The van der Waals surface area contributed by atoms with Crippen molar-refractivity contribution in [2.24, 2.45) is 0 Å². The van der Waals surface area contributed by atoms with Crippen LogP contribution in [-0.2, 0) is 19.7 Å². The highest BCUT2D eigenvalue weighted by atomic mass is 16.5. The Morgan fingerprint density at radius 3 is 2.43 bits per heavy atom. The van der Waals surface area contributed by atoms with Crippen LogP contribution in [0, 0.1) is 0 Å². The van der Waals surface area contributed by atoms with Crippen molar-refractivity contribution in [2.45, 2.75) is 51.0 Å². The third kappa shape index (κ3) is 4.10. The molecule has 0 saturated carbocycles. The fraction of sp³-hybridized carbons (Fsp3) is 0.708. The first-order valence-electron chi connectivity index (χ1n) is 11.5. The molecule has 3 fully saturated rings. The van der Waals surface area contributed by atoms with Gasteiger partial charge in [-0.05, 0) is 50.8 Å². The summed E-state index contributed by atoms with van der Waals surface area (Å²) in [6.45, 7) is 13.1. The van der Waals surface area contributed by atoms with Crippen molar-refractivity contribution in [1.82, 2.24) is 9.80 Å². The molecule has 0 radical (unpaired) electrons. The highest BCUT2D eigenvalue weighted by Crippen LogP contribution is 2.42. The Balaban J connectivity index is 1.63. The van der Waals surface area contributed by atoms with E-state index in [2.05, 4.69) is 36.9 Å². The van der Waals surface area contributed by atoms with Crippen molar-refractivity contribution in [1.29, 1.82) is 0 Å². The van der Waals surface area contributed by atoms with Gasteiger partial charge in [0.2, 0.25) is 5.91 Å². The van der Waals surface area contributed by atoms with Crippen LogP contribution in [0.25, 0.3) is 0 Å². The van der Waals surface area contributed by atoms with Gasteiger partial charge in [-0.25, -0.2) is 0 Å². The maximum atomic E-state index is 13.7. The van der Waals surface area contributed by atoms with E-state index >= 15 is 0 Å². The lowest BCUT2D eigenvalue weighted by molar-refractivity contribution is -0.145. The number of nitrogens with zero attached hydrogens (tertiary/aromatic N) is 2. The maximum Gasteiger partial charge on any atom is 0.233 e. The SMILES string of the molecule is CCOc1cc(C2(C(=O)N3CCOCC3)CCOCC2)ccc1C1CN(C(C)C)C1. The Morgan fingerprint density at radius 2 is 1.80 bits per heavy atom.